The van der Waals surface area contributed by atoms with Crippen LogP contribution in [0.15, 0.2) is 41.0 Å². The molecule has 0 unspecified atom stereocenters. The van der Waals surface area contributed by atoms with E-state index in [1.165, 1.54) is 12.8 Å². The minimum atomic E-state index is -0.318. The van der Waals surface area contributed by atoms with Gasteiger partial charge in [0.15, 0.2) is 22.9 Å². The van der Waals surface area contributed by atoms with E-state index in [1.807, 2.05) is 12.1 Å². The largest absolute Gasteiger partial charge is 0.463 e. The molecule has 0 spiro atoms. The number of furan rings is 1. The van der Waals surface area contributed by atoms with E-state index < -0.39 is 0 Å². The maximum Gasteiger partial charge on any atom is 0.272 e. The molecular formula is C18H18N8O2. The Morgan fingerprint density at radius 2 is 2.11 bits per heavy atom. The molecule has 1 aliphatic rings. The van der Waals surface area contributed by atoms with Crippen LogP contribution in [-0.2, 0) is 6.54 Å². The third kappa shape index (κ3) is 2.98. The van der Waals surface area contributed by atoms with Crippen LogP contribution in [0.5, 0.6) is 0 Å². The van der Waals surface area contributed by atoms with E-state index in [2.05, 4.69) is 35.7 Å². The van der Waals surface area contributed by atoms with Crippen LogP contribution in [0, 0.1) is 0 Å². The summed E-state index contributed by atoms with van der Waals surface area (Å²) in [6.07, 6.45) is 3.92. The summed E-state index contributed by atoms with van der Waals surface area (Å²) in [5, 5.41) is 22.6. The van der Waals surface area contributed by atoms with Crippen molar-refractivity contribution < 1.29 is 9.21 Å². The zero-order valence-corrected chi connectivity index (χ0v) is 15.0. The molecule has 4 aromatic rings. The van der Waals surface area contributed by atoms with E-state index in [9.17, 15) is 4.79 Å². The highest BCUT2D eigenvalue weighted by molar-refractivity contribution is 5.93. The SMILES string of the molecule is O=C(NCc1nnc2ccc(N3CCCC3)nn12)c1cc(-c2ccco2)[nH]n1. The van der Waals surface area contributed by atoms with Crippen molar-refractivity contribution in [1.29, 1.82) is 0 Å². The van der Waals surface area contributed by atoms with Crippen LogP contribution in [0.1, 0.15) is 29.2 Å². The zero-order valence-electron chi connectivity index (χ0n) is 15.0. The lowest BCUT2D eigenvalue weighted by molar-refractivity contribution is 0.0944. The van der Waals surface area contributed by atoms with Crippen molar-refractivity contribution in [2.24, 2.45) is 0 Å². The number of fused-ring (bicyclic) bond motifs is 1. The highest BCUT2D eigenvalue weighted by Crippen LogP contribution is 2.19. The lowest BCUT2D eigenvalue weighted by Crippen LogP contribution is -2.25. The molecule has 1 aliphatic heterocycles. The van der Waals surface area contributed by atoms with Gasteiger partial charge in [0.2, 0.25) is 0 Å². The number of anilines is 1. The summed E-state index contributed by atoms with van der Waals surface area (Å²) in [7, 11) is 0. The molecule has 5 rings (SSSR count). The minimum absolute atomic E-state index is 0.194. The van der Waals surface area contributed by atoms with E-state index >= 15 is 0 Å². The number of nitrogens with one attached hydrogen (secondary N) is 2. The third-order valence-corrected chi connectivity index (χ3v) is 4.75. The van der Waals surface area contributed by atoms with Gasteiger partial charge in [-0.15, -0.1) is 15.3 Å². The van der Waals surface area contributed by atoms with E-state index in [4.69, 9.17) is 4.42 Å². The van der Waals surface area contributed by atoms with Crippen LogP contribution in [0.25, 0.3) is 17.1 Å². The maximum absolute atomic E-state index is 12.4. The first-order valence-corrected chi connectivity index (χ1v) is 9.12. The number of nitrogens with zero attached hydrogens (tertiary/aromatic N) is 6. The first-order valence-electron chi connectivity index (χ1n) is 9.12. The molecule has 28 heavy (non-hydrogen) atoms. The Hall–Kier alpha value is -3.69. The molecule has 142 valence electrons. The highest BCUT2D eigenvalue weighted by atomic mass is 16.3. The lowest BCUT2D eigenvalue weighted by Gasteiger charge is -2.15. The second kappa shape index (κ2) is 6.80. The standard InChI is InChI=1S/C18H18N8O2/c27-18(13-10-12(20-21-13)14-4-3-9-28-14)19-11-17-23-22-15-5-6-16(24-26(15)17)25-7-1-2-8-25/h3-6,9-10H,1-2,7-8,11H2,(H,19,27)(H,20,21). The molecule has 1 saturated heterocycles. The third-order valence-electron chi connectivity index (χ3n) is 4.75. The van der Waals surface area contributed by atoms with E-state index in [0.29, 0.717) is 22.9 Å². The molecule has 0 radical (unpaired) electrons. The fraction of sp³-hybridized carbons (Fsp3) is 0.278. The van der Waals surface area contributed by atoms with Gasteiger partial charge in [0.25, 0.3) is 5.91 Å². The smallest absolute Gasteiger partial charge is 0.272 e. The van der Waals surface area contributed by atoms with Crippen LogP contribution in [-0.4, -0.2) is 49.0 Å². The maximum atomic E-state index is 12.4. The molecule has 1 amide bonds. The van der Waals surface area contributed by atoms with Crippen LogP contribution < -0.4 is 10.2 Å². The fourth-order valence-corrected chi connectivity index (χ4v) is 3.29. The van der Waals surface area contributed by atoms with Gasteiger partial charge in [-0.25, -0.2) is 0 Å². The van der Waals surface area contributed by atoms with Gasteiger partial charge in [-0.3, -0.25) is 9.89 Å². The van der Waals surface area contributed by atoms with Crippen molar-refractivity contribution in [2.45, 2.75) is 19.4 Å². The van der Waals surface area contributed by atoms with Crippen molar-refractivity contribution in [3.8, 4) is 11.5 Å². The lowest BCUT2D eigenvalue weighted by atomic mass is 10.3. The van der Waals surface area contributed by atoms with Gasteiger partial charge in [-0.1, -0.05) is 0 Å². The summed E-state index contributed by atoms with van der Waals surface area (Å²) in [6.45, 7) is 2.20. The summed E-state index contributed by atoms with van der Waals surface area (Å²) in [5.41, 5.74) is 1.55. The van der Waals surface area contributed by atoms with Gasteiger partial charge < -0.3 is 14.6 Å². The highest BCUT2D eigenvalue weighted by Gasteiger charge is 2.17. The van der Waals surface area contributed by atoms with Gasteiger partial charge in [0, 0.05) is 19.2 Å². The Balaban J connectivity index is 1.31. The predicted octanol–water partition coefficient (Wildman–Crippen LogP) is 1.64. The number of amides is 1. The fourth-order valence-electron chi connectivity index (χ4n) is 3.29. The first kappa shape index (κ1) is 16.5. The second-order valence-electron chi connectivity index (χ2n) is 6.60. The quantitative estimate of drug-likeness (QED) is 0.542. The summed E-state index contributed by atoms with van der Waals surface area (Å²) in [6, 6.07) is 9.05. The number of hydrogen-bond acceptors (Lipinski definition) is 7. The number of hydrogen-bond donors (Lipinski definition) is 2. The molecule has 0 atom stereocenters. The van der Waals surface area contributed by atoms with Gasteiger partial charge in [-0.2, -0.15) is 9.61 Å². The van der Waals surface area contributed by atoms with Crippen molar-refractivity contribution in [1.82, 2.24) is 35.3 Å². The van der Waals surface area contributed by atoms with Crippen LogP contribution in [0.3, 0.4) is 0 Å². The van der Waals surface area contributed by atoms with Crippen molar-refractivity contribution in [2.75, 3.05) is 18.0 Å². The normalized spacial score (nSPS) is 14.1. The molecule has 0 saturated carbocycles. The Kier molecular flexibility index (Phi) is 4.00. The minimum Gasteiger partial charge on any atom is -0.463 e. The molecule has 0 aromatic carbocycles. The molecule has 0 bridgehead atoms. The predicted molar refractivity (Wildman–Crippen MR) is 99.7 cm³/mol. The van der Waals surface area contributed by atoms with Gasteiger partial charge in [-0.05, 0) is 37.1 Å². The molecule has 4 aromatic heterocycles. The Morgan fingerprint density at radius 3 is 2.93 bits per heavy atom. The zero-order chi connectivity index (χ0) is 18.9. The van der Waals surface area contributed by atoms with Crippen LogP contribution >= 0.6 is 0 Å². The topological polar surface area (TPSA) is 117 Å². The molecule has 1 fully saturated rings. The number of rotatable bonds is 5. The van der Waals surface area contributed by atoms with Crippen LogP contribution in [0.2, 0.25) is 0 Å². The molecule has 0 aliphatic carbocycles. The average Bonchev–Trinajstić information content (AvgIpc) is 3.52. The van der Waals surface area contributed by atoms with E-state index in [1.54, 1.807) is 29.0 Å². The van der Waals surface area contributed by atoms with E-state index in [0.717, 1.165) is 18.9 Å². The molecule has 5 heterocycles. The number of aromatic amines is 1. The molecule has 10 heteroatoms. The summed E-state index contributed by atoms with van der Waals surface area (Å²) < 4.78 is 6.97. The first-order chi connectivity index (χ1) is 13.8. The van der Waals surface area contributed by atoms with Crippen molar-refractivity contribution in [3.63, 3.8) is 0 Å². The Labute approximate surface area is 159 Å². The summed E-state index contributed by atoms with van der Waals surface area (Å²) in [4.78, 5) is 14.7. The van der Waals surface area contributed by atoms with Gasteiger partial charge in [0.1, 0.15) is 11.5 Å². The molecular weight excluding hydrogens is 360 g/mol. The van der Waals surface area contributed by atoms with Crippen LogP contribution in [0.4, 0.5) is 5.82 Å². The van der Waals surface area contributed by atoms with Gasteiger partial charge >= 0.3 is 0 Å². The number of carbonyl (C=O) groups is 1. The van der Waals surface area contributed by atoms with Crippen molar-refractivity contribution >= 4 is 17.4 Å². The average molecular weight is 378 g/mol. The monoisotopic (exact) mass is 378 g/mol. The second-order valence-corrected chi connectivity index (χ2v) is 6.60. The molecule has 2 N–H and O–H groups in total. The number of carbonyl (C=O) groups excluding carboxylic acids is 1. The van der Waals surface area contributed by atoms with Gasteiger partial charge in [0.05, 0.1) is 12.8 Å². The number of H-pyrrole nitrogens is 1. The Morgan fingerprint density at radius 1 is 1.21 bits per heavy atom. The number of aromatic nitrogens is 6. The Bertz CT molecular complexity index is 1110. The molecule has 10 nitrogen and oxygen atoms in total. The summed E-state index contributed by atoms with van der Waals surface area (Å²) >= 11 is 0. The summed E-state index contributed by atoms with van der Waals surface area (Å²) in [5.74, 6) is 1.76. The van der Waals surface area contributed by atoms with E-state index in [-0.39, 0.29) is 18.1 Å². The van der Waals surface area contributed by atoms with Crippen molar-refractivity contribution in [3.05, 3.63) is 48.1 Å².